The van der Waals surface area contributed by atoms with Gasteiger partial charge in [0.2, 0.25) is 5.91 Å². The number of anilines is 1. The minimum Gasteiger partial charge on any atom is -0.408 e. The maximum atomic E-state index is 12.4. The molecule has 3 aromatic rings. The number of para-hydroxylation sites is 2. The van der Waals surface area contributed by atoms with E-state index in [1.165, 1.54) is 22.1 Å². The molecule has 1 amide bonds. The number of nitrogens with zero attached hydrogens (tertiary/aromatic N) is 1. The third-order valence-corrected chi connectivity index (χ3v) is 4.55. The smallest absolute Gasteiger partial charge is 0.408 e. The Bertz CT molecular complexity index is 968. The van der Waals surface area contributed by atoms with Crippen molar-refractivity contribution in [3.63, 3.8) is 0 Å². The Kier molecular flexibility index (Phi) is 3.69. The van der Waals surface area contributed by atoms with Crippen LogP contribution in [0.25, 0.3) is 11.1 Å². The largest absolute Gasteiger partial charge is 0.420 e. The van der Waals surface area contributed by atoms with Gasteiger partial charge >= 0.3 is 5.76 Å². The fourth-order valence-corrected chi connectivity index (χ4v) is 3.40. The maximum Gasteiger partial charge on any atom is 0.420 e. The zero-order valence-corrected chi connectivity index (χ0v) is 13.2. The van der Waals surface area contributed by atoms with E-state index in [0.29, 0.717) is 11.1 Å². The quantitative estimate of drug-likeness (QED) is 0.806. The van der Waals surface area contributed by atoms with Gasteiger partial charge in [-0.05, 0) is 55.0 Å². The molecule has 0 aliphatic heterocycles. The summed E-state index contributed by atoms with van der Waals surface area (Å²) in [4.78, 5) is 24.4. The topological polar surface area (TPSA) is 64.2 Å². The molecule has 0 fully saturated rings. The minimum atomic E-state index is -0.513. The molecule has 1 heterocycles. The van der Waals surface area contributed by atoms with Crippen LogP contribution >= 0.6 is 0 Å². The molecule has 1 aromatic heterocycles. The van der Waals surface area contributed by atoms with Gasteiger partial charge in [-0.1, -0.05) is 24.3 Å². The summed E-state index contributed by atoms with van der Waals surface area (Å²) in [5.74, 6) is -0.732. The molecular weight excluding hydrogens is 304 g/mol. The van der Waals surface area contributed by atoms with Crippen molar-refractivity contribution in [3.05, 3.63) is 64.1 Å². The van der Waals surface area contributed by atoms with Crippen LogP contribution in [0.2, 0.25) is 0 Å². The van der Waals surface area contributed by atoms with Crippen molar-refractivity contribution in [2.45, 2.75) is 32.2 Å². The van der Waals surface area contributed by atoms with Crippen LogP contribution in [-0.4, -0.2) is 10.5 Å². The lowest BCUT2D eigenvalue weighted by atomic mass is 9.90. The van der Waals surface area contributed by atoms with E-state index in [-0.39, 0.29) is 12.5 Å². The van der Waals surface area contributed by atoms with Crippen molar-refractivity contribution < 1.29 is 9.21 Å². The van der Waals surface area contributed by atoms with Crippen molar-refractivity contribution in [2.75, 3.05) is 5.32 Å². The minimum absolute atomic E-state index is 0.0560. The van der Waals surface area contributed by atoms with Gasteiger partial charge in [0.25, 0.3) is 0 Å². The lowest BCUT2D eigenvalue weighted by molar-refractivity contribution is -0.116. The number of fused-ring (bicyclic) bond motifs is 2. The van der Waals surface area contributed by atoms with E-state index in [9.17, 15) is 9.59 Å². The molecule has 0 saturated carbocycles. The van der Waals surface area contributed by atoms with Gasteiger partial charge in [-0.3, -0.25) is 9.36 Å². The number of aromatic nitrogens is 1. The second kappa shape index (κ2) is 6.00. The van der Waals surface area contributed by atoms with Crippen molar-refractivity contribution in [2.24, 2.45) is 0 Å². The fourth-order valence-electron chi connectivity index (χ4n) is 3.40. The molecule has 0 spiro atoms. The molecule has 0 radical (unpaired) electrons. The van der Waals surface area contributed by atoms with Crippen LogP contribution in [0.1, 0.15) is 24.0 Å². The monoisotopic (exact) mass is 322 g/mol. The first-order chi connectivity index (χ1) is 11.7. The van der Waals surface area contributed by atoms with Crippen LogP contribution in [0.5, 0.6) is 0 Å². The van der Waals surface area contributed by atoms with Gasteiger partial charge in [0, 0.05) is 5.69 Å². The first-order valence-corrected chi connectivity index (χ1v) is 8.21. The Balaban J connectivity index is 1.59. The number of carbonyl (C=O) groups is 1. The van der Waals surface area contributed by atoms with Gasteiger partial charge in [0.05, 0.1) is 5.52 Å². The van der Waals surface area contributed by atoms with Gasteiger partial charge in [0.1, 0.15) is 6.54 Å². The van der Waals surface area contributed by atoms with E-state index < -0.39 is 5.76 Å². The van der Waals surface area contributed by atoms with E-state index in [4.69, 9.17) is 4.42 Å². The van der Waals surface area contributed by atoms with Crippen molar-refractivity contribution in [3.8, 4) is 0 Å². The summed E-state index contributed by atoms with van der Waals surface area (Å²) >= 11 is 0. The van der Waals surface area contributed by atoms with Gasteiger partial charge in [-0.25, -0.2) is 4.79 Å². The molecule has 1 N–H and O–H groups in total. The molecule has 0 unspecified atom stereocenters. The molecule has 24 heavy (non-hydrogen) atoms. The summed E-state index contributed by atoms with van der Waals surface area (Å²) in [5, 5.41) is 2.96. The van der Waals surface area contributed by atoms with E-state index in [1.54, 1.807) is 18.2 Å². The molecule has 0 atom stereocenters. The molecule has 122 valence electrons. The van der Waals surface area contributed by atoms with Crippen molar-refractivity contribution >= 4 is 22.7 Å². The van der Waals surface area contributed by atoms with Crippen molar-refractivity contribution in [1.82, 2.24) is 4.57 Å². The Morgan fingerprint density at radius 1 is 1.08 bits per heavy atom. The second-order valence-corrected chi connectivity index (χ2v) is 6.12. The summed E-state index contributed by atoms with van der Waals surface area (Å²) in [6.45, 7) is -0.0560. The summed E-state index contributed by atoms with van der Waals surface area (Å²) < 4.78 is 6.53. The zero-order valence-electron chi connectivity index (χ0n) is 13.2. The third-order valence-electron chi connectivity index (χ3n) is 4.55. The summed E-state index contributed by atoms with van der Waals surface area (Å²) in [7, 11) is 0. The molecule has 0 bridgehead atoms. The normalized spacial score (nSPS) is 13.7. The molecule has 5 nitrogen and oxygen atoms in total. The molecule has 5 heteroatoms. The molecule has 4 rings (SSSR count). The number of aryl methyl sites for hydroxylation is 1. The second-order valence-electron chi connectivity index (χ2n) is 6.12. The van der Waals surface area contributed by atoms with Gasteiger partial charge in [-0.15, -0.1) is 0 Å². The first kappa shape index (κ1) is 14.8. The number of rotatable bonds is 3. The number of hydrogen-bond acceptors (Lipinski definition) is 3. The highest BCUT2D eigenvalue weighted by molar-refractivity contribution is 5.92. The molecule has 1 aliphatic rings. The van der Waals surface area contributed by atoms with Crippen molar-refractivity contribution in [1.29, 1.82) is 0 Å². The number of oxazole rings is 1. The van der Waals surface area contributed by atoms with E-state index in [2.05, 4.69) is 11.4 Å². The molecule has 1 aliphatic carbocycles. The number of amides is 1. The highest BCUT2D eigenvalue weighted by Gasteiger charge is 2.16. The Labute approximate surface area is 138 Å². The average molecular weight is 322 g/mol. The highest BCUT2D eigenvalue weighted by Crippen LogP contribution is 2.27. The zero-order chi connectivity index (χ0) is 16.5. The SMILES string of the molecule is O=C(Cn1c(=O)oc2ccccc21)Nc1cccc2c1CCCC2. The van der Waals surface area contributed by atoms with Crippen LogP contribution in [0.3, 0.4) is 0 Å². The standard InChI is InChI=1S/C19H18N2O3/c22-18(12-21-16-10-3-4-11-17(16)24-19(21)23)20-15-9-5-7-13-6-1-2-8-14(13)15/h3-5,7,9-11H,1-2,6,8,12H2,(H,20,22). The van der Waals surface area contributed by atoms with Gasteiger partial charge in [0.15, 0.2) is 5.58 Å². The molecule has 2 aromatic carbocycles. The number of nitrogens with one attached hydrogen (secondary N) is 1. The number of benzene rings is 2. The predicted molar refractivity (Wildman–Crippen MR) is 92.2 cm³/mol. The predicted octanol–water partition coefficient (Wildman–Crippen LogP) is 3.11. The van der Waals surface area contributed by atoms with Crippen LogP contribution in [-0.2, 0) is 24.2 Å². The van der Waals surface area contributed by atoms with Crippen LogP contribution in [0.15, 0.2) is 51.7 Å². The van der Waals surface area contributed by atoms with Crippen LogP contribution in [0.4, 0.5) is 5.69 Å². The van der Waals surface area contributed by atoms with Crippen LogP contribution < -0.4 is 11.1 Å². The third kappa shape index (κ3) is 2.62. The van der Waals surface area contributed by atoms with Gasteiger partial charge in [-0.2, -0.15) is 0 Å². The first-order valence-electron chi connectivity index (χ1n) is 8.21. The number of carbonyl (C=O) groups excluding carboxylic acids is 1. The Morgan fingerprint density at radius 3 is 2.83 bits per heavy atom. The summed E-state index contributed by atoms with van der Waals surface area (Å²) in [5.41, 5.74) is 4.52. The lowest BCUT2D eigenvalue weighted by Gasteiger charge is -2.19. The van der Waals surface area contributed by atoms with E-state index >= 15 is 0 Å². The Morgan fingerprint density at radius 2 is 1.92 bits per heavy atom. The summed E-state index contributed by atoms with van der Waals surface area (Å²) in [6.07, 6.45) is 4.39. The summed E-state index contributed by atoms with van der Waals surface area (Å²) in [6, 6.07) is 13.1. The molecule has 0 saturated heterocycles. The molecular formula is C19H18N2O3. The maximum absolute atomic E-state index is 12.4. The average Bonchev–Trinajstić information content (AvgIpc) is 2.91. The van der Waals surface area contributed by atoms with Gasteiger partial charge < -0.3 is 9.73 Å². The fraction of sp³-hybridized carbons (Fsp3) is 0.263. The highest BCUT2D eigenvalue weighted by atomic mass is 16.4. The Hall–Kier alpha value is -2.82. The van der Waals surface area contributed by atoms with E-state index in [1.807, 2.05) is 18.2 Å². The number of hydrogen-bond donors (Lipinski definition) is 1. The van der Waals surface area contributed by atoms with Crippen LogP contribution in [0, 0.1) is 0 Å². The lowest BCUT2D eigenvalue weighted by Crippen LogP contribution is -2.25. The van der Waals surface area contributed by atoms with E-state index in [0.717, 1.165) is 24.9 Å².